The van der Waals surface area contributed by atoms with Crippen LogP contribution in [-0.2, 0) is 11.2 Å². The van der Waals surface area contributed by atoms with Crippen molar-refractivity contribution in [2.45, 2.75) is 20.3 Å². The second-order valence-corrected chi connectivity index (χ2v) is 4.68. The van der Waals surface area contributed by atoms with Gasteiger partial charge in [0.05, 0.1) is 13.2 Å². The molecule has 19 heavy (non-hydrogen) atoms. The van der Waals surface area contributed by atoms with Gasteiger partial charge in [0.1, 0.15) is 11.5 Å². The fourth-order valence-corrected chi connectivity index (χ4v) is 2.71. The first-order valence-electron chi connectivity index (χ1n) is 6.83. The van der Waals surface area contributed by atoms with Crippen LogP contribution in [0.1, 0.15) is 25.0 Å². The normalized spacial score (nSPS) is 13.3. The van der Waals surface area contributed by atoms with Crippen LogP contribution in [0.5, 0.6) is 5.75 Å². The van der Waals surface area contributed by atoms with Gasteiger partial charge in [-0.2, -0.15) is 0 Å². The van der Waals surface area contributed by atoms with Crippen LogP contribution in [0, 0.1) is 0 Å². The van der Waals surface area contributed by atoms with Gasteiger partial charge in [-0.3, -0.25) is 0 Å². The predicted octanol–water partition coefficient (Wildman–Crippen LogP) is 4.17. The first-order valence-corrected chi connectivity index (χ1v) is 6.83. The fraction of sp³-hybridized carbons (Fsp3) is 0.294. The Kier molecular flexibility index (Phi) is 3.16. The lowest BCUT2D eigenvalue weighted by Crippen LogP contribution is -2.03. The third-order valence-corrected chi connectivity index (χ3v) is 3.39. The molecule has 1 aliphatic rings. The molecule has 0 spiro atoms. The van der Waals surface area contributed by atoms with Crippen molar-refractivity contribution in [1.29, 1.82) is 0 Å². The van der Waals surface area contributed by atoms with Gasteiger partial charge in [-0.25, -0.2) is 0 Å². The quantitative estimate of drug-likeness (QED) is 0.815. The molecule has 0 radical (unpaired) electrons. The van der Waals surface area contributed by atoms with E-state index in [1.807, 2.05) is 13.8 Å². The molecule has 0 aromatic heterocycles. The Hall–Kier alpha value is -1.96. The van der Waals surface area contributed by atoms with Crippen molar-refractivity contribution in [1.82, 2.24) is 0 Å². The molecule has 98 valence electrons. The third kappa shape index (κ3) is 2.19. The Morgan fingerprint density at radius 2 is 1.89 bits per heavy atom. The maximum atomic E-state index is 5.69. The van der Waals surface area contributed by atoms with Crippen molar-refractivity contribution in [3.05, 3.63) is 47.2 Å². The molecule has 1 aliphatic carbocycles. The minimum atomic E-state index is 0.687. The molecule has 0 amide bonds. The summed E-state index contributed by atoms with van der Waals surface area (Å²) in [4.78, 5) is 0. The van der Waals surface area contributed by atoms with Gasteiger partial charge in [-0.1, -0.05) is 18.2 Å². The van der Waals surface area contributed by atoms with Gasteiger partial charge in [0.2, 0.25) is 0 Å². The monoisotopic (exact) mass is 254 g/mol. The summed E-state index contributed by atoms with van der Waals surface area (Å²) in [5, 5.41) is 2.57. The van der Waals surface area contributed by atoms with Crippen molar-refractivity contribution in [3.8, 4) is 5.75 Å². The van der Waals surface area contributed by atoms with E-state index in [-0.39, 0.29) is 0 Å². The average molecular weight is 254 g/mol. The van der Waals surface area contributed by atoms with E-state index in [1.54, 1.807) is 0 Å². The zero-order chi connectivity index (χ0) is 13.2. The zero-order valence-corrected chi connectivity index (χ0v) is 11.4. The van der Waals surface area contributed by atoms with Crippen LogP contribution in [0.3, 0.4) is 0 Å². The zero-order valence-electron chi connectivity index (χ0n) is 11.4. The second-order valence-electron chi connectivity index (χ2n) is 4.68. The Balaban J connectivity index is 2.18. The topological polar surface area (TPSA) is 18.5 Å². The van der Waals surface area contributed by atoms with Crippen molar-refractivity contribution in [3.63, 3.8) is 0 Å². The molecular formula is C17H18O2. The molecule has 0 aliphatic heterocycles. The van der Waals surface area contributed by atoms with Crippen molar-refractivity contribution >= 4 is 16.8 Å². The van der Waals surface area contributed by atoms with Gasteiger partial charge in [-0.05, 0) is 54.0 Å². The van der Waals surface area contributed by atoms with Crippen molar-refractivity contribution < 1.29 is 9.47 Å². The second kappa shape index (κ2) is 4.96. The summed E-state index contributed by atoms with van der Waals surface area (Å²) in [7, 11) is 0. The van der Waals surface area contributed by atoms with Crippen LogP contribution in [0.4, 0.5) is 0 Å². The van der Waals surface area contributed by atoms with Crippen LogP contribution < -0.4 is 4.74 Å². The number of hydrogen-bond acceptors (Lipinski definition) is 2. The van der Waals surface area contributed by atoms with Gasteiger partial charge < -0.3 is 9.47 Å². The Bertz CT molecular complexity index is 641. The summed E-state index contributed by atoms with van der Waals surface area (Å²) in [6.07, 6.45) is 3.02. The molecule has 0 atom stereocenters. The standard InChI is InChI=1S/C17H18O2/c1-3-18-15-8-12-6-5-7-13-9-16(19-4-2)11-14(10-15)17(12)13/h5-8,10-11H,3-4,9H2,1-2H3. The smallest absolute Gasteiger partial charge is 0.120 e. The number of allylic oxidation sites excluding steroid dienone is 1. The highest BCUT2D eigenvalue weighted by Crippen LogP contribution is 2.34. The van der Waals surface area contributed by atoms with E-state index in [2.05, 4.69) is 36.4 Å². The summed E-state index contributed by atoms with van der Waals surface area (Å²) >= 11 is 0. The lowest BCUT2D eigenvalue weighted by Gasteiger charge is -2.19. The van der Waals surface area contributed by atoms with E-state index in [9.17, 15) is 0 Å². The number of ether oxygens (including phenoxy) is 2. The maximum absolute atomic E-state index is 5.69. The van der Waals surface area contributed by atoms with Gasteiger partial charge in [-0.15, -0.1) is 0 Å². The number of hydrogen-bond donors (Lipinski definition) is 0. The number of benzene rings is 2. The van der Waals surface area contributed by atoms with E-state index >= 15 is 0 Å². The highest BCUT2D eigenvalue weighted by atomic mass is 16.5. The predicted molar refractivity (Wildman–Crippen MR) is 78.4 cm³/mol. The SMILES string of the molecule is CCOC1=Cc2cc(OCC)cc3cccc(c23)C1. The molecule has 0 N–H and O–H groups in total. The Morgan fingerprint density at radius 1 is 1.05 bits per heavy atom. The van der Waals surface area contributed by atoms with E-state index in [0.29, 0.717) is 13.2 Å². The Labute approximate surface area is 113 Å². The summed E-state index contributed by atoms with van der Waals surface area (Å²) in [6, 6.07) is 10.6. The van der Waals surface area contributed by atoms with Gasteiger partial charge in [0.15, 0.2) is 0 Å². The molecule has 0 bridgehead atoms. The molecule has 0 fully saturated rings. The molecule has 0 unspecified atom stereocenters. The average Bonchev–Trinajstić information content (AvgIpc) is 2.39. The third-order valence-electron chi connectivity index (χ3n) is 3.39. The van der Waals surface area contributed by atoms with Gasteiger partial charge in [0.25, 0.3) is 0 Å². The van der Waals surface area contributed by atoms with Crippen molar-refractivity contribution in [2.75, 3.05) is 13.2 Å². The molecule has 3 rings (SSSR count). The molecular weight excluding hydrogens is 236 g/mol. The molecule has 0 heterocycles. The summed E-state index contributed by atoms with van der Waals surface area (Å²) in [5.41, 5.74) is 2.53. The highest BCUT2D eigenvalue weighted by Gasteiger charge is 2.15. The first-order chi connectivity index (χ1) is 9.31. The lowest BCUT2D eigenvalue weighted by atomic mass is 9.92. The van der Waals surface area contributed by atoms with E-state index < -0.39 is 0 Å². The van der Waals surface area contributed by atoms with Crippen LogP contribution in [0.25, 0.3) is 16.8 Å². The Morgan fingerprint density at radius 3 is 2.68 bits per heavy atom. The highest BCUT2D eigenvalue weighted by molar-refractivity contribution is 5.96. The molecule has 2 aromatic carbocycles. The molecule has 0 saturated heterocycles. The summed E-state index contributed by atoms with van der Waals surface area (Å²) in [5.74, 6) is 1.97. The lowest BCUT2D eigenvalue weighted by molar-refractivity contribution is 0.226. The molecule has 0 saturated carbocycles. The van der Waals surface area contributed by atoms with E-state index in [1.165, 1.54) is 21.9 Å². The van der Waals surface area contributed by atoms with E-state index in [0.717, 1.165) is 17.9 Å². The van der Waals surface area contributed by atoms with Gasteiger partial charge in [0, 0.05) is 6.42 Å². The molecule has 2 aromatic rings. The molecule has 2 heteroatoms. The van der Waals surface area contributed by atoms with Crippen LogP contribution >= 0.6 is 0 Å². The minimum absolute atomic E-state index is 0.687. The fourth-order valence-electron chi connectivity index (χ4n) is 2.71. The van der Waals surface area contributed by atoms with E-state index in [4.69, 9.17) is 9.47 Å². The first kappa shape index (κ1) is 12.1. The van der Waals surface area contributed by atoms with Crippen molar-refractivity contribution in [2.24, 2.45) is 0 Å². The largest absolute Gasteiger partial charge is 0.498 e. The molecule has 2 nitrogen and oxygen atoms in total. The summed E-state index contributed by atoms with van der Waals surface area (Å²) in [6.45, 7) is 5.43. The van der Waals surface area contributed by atoms with Crippen LogP contribution in [0.2, 0.25) is 0 Å². The van der Waals surface area contributed by atoms with Crippen LogP contribution in [-0.4, -0.2) is 13.2 Å². The number of rotatable bonds is 4. The minimum Gasteiger partial charge on any atom is -0.498 e. The van der Waals surface area contributed by atoms with Gasteiger partial charge >= 0.3 is 0 Å². The van der Waals surface area contributed by atoms with Crippen LogP contribution in [0.15, 0.2) is 36.1 Å². The summed E-state index contributed by atoms with van der Waals surface area (Å²) < 4.78 is 11.3. The maximum Gasteiger partial charge on any atom is 0.120 e.